The Bertz CT molecular complexity index is 428. The molecule has 0 aromatic carbocycles. The maximum atomic E-state index is 11.3. The lowest BCUT2D eigenvalue weighted by atomic mass is 10.4. The summed E-state index contributed by atoms with van der Waals surface area (Å²) < 4.78 is 1.50. The third-order valence-electron chi connectivity index (χ3n) is 1.59. The van der Waals surface area contributed by atoms with E-state index in [2.05, 4.69) is 28.0 Å². The summed E-state index contributed by atoms with van der Waals surface area (Å²) in [7, 11) is 1.70. The summed E-state index contributed by atoms with van der Waals surface area (Å²) in [6.45, 7) is -0.00533. The van der Waals surface area contributed by atoms with Crippen LogP contribution in [-0.4, -0.2) is 33.1 Å². The first-order chi connectivity index (χ1) is 7.49. The SMILES string of the molecule is Cn1cc(NC(=O)C(=O)NCC(N)=S)cn1. The van der Waals surface area contributed by atoms with Crippen molar-refractivity contribution in [3.05, 3.63) is 12.4 Å². The molecule has 2 amide bonds. The van der Waals surface area contributed by atoms with Gasteiger partial charge in [0, 0.05) is 13.2 Å². The van der Waals surface area contributed by atoms with Crippen LogP contribution in [0.25, 0.3) is 0 Å². The van der Waals surface area contributed by atoms with E-state index in [-0.39, 0.29) is 11.5 Å². The second-order valence-corrected chi connectivity index (χ2v) is 3.53. The molecule has 0 fully saturated rings. The Kier molecular flexibility index (Phi) is 3.95. The first kappa shape index (κ1) is 12.1. The van der Waals surface area contributed by atoms with Crippen LogP contribution in [0.15, 0.2) is 12.4 Å². The van der Waals surface area contributed by atoms with Gasteiger partial charge in [-0.15, -0.1) is 0 Å². The average Bonchev–Trinajstić information content (AvgIpc) is 2.60. The van der Waals surface area contributed by atoms with Gasteiger partial charge in [-0.05, 0) is 0 Å². The van der Waals surface area contributed by atoms with Crippen LogP contribution in [0.1, 0.15) is 0 Å². The zero-order valence-electron chi connectivity index (χ0n) is 8.56. The molecule has 7 nitrogen and oxygen atoms in total. The Hall–Kier alpha value is -1.96. The van der Waals surface area contributed by atoms with Crippen molar-refractivity contribution < 1.29 is 9.59 Å². The zero-order chi connectivity index (χ0) is 12.1. The third-order valence-corrected chi connectivity index (χ3v) is 1.74. The molecule has 0 aliphatic heterocycles. The summed E-state index contributed by atoms with van der Waals surface area (Å²) in [4.78, 5) is 22.6. The van der Waals surface area contributed by atoms with Gasteiger partial charge in [0.05, 0.1) is 23.4 Å². The number of carbonyl (C=O) groups excluding carboxylic acids is 2. The zero-order valence-corrected chi connectivity index (χ0v) is 9.37. The lowest BCUT2D eigenvalue weighted by Crippen LogP contribution is -2.39. The molecule has 0 aliphatic carbocycles. The van der Waals surface area contributed by atoms with E-state index in [0.717, 1.165) is 0 Å². The lowest BCUT2D eigenvalue weighted by molar-refractivity contribution is -0.135. The van der Waals surface area contributed by atoms with Crippen LogP contribution in [-0.2, 0) is 16.6 Å². The number of hydrogen-bond acceptors (Lipinski definition) is 4. The predicted molar refractivity (Wildman–Crippen MR) is 61.6 cm³/mol. The third kappa shape index (κ3) is 3.65. The fraction of sp³-hybridized carbons (Fsp3) is 0.250. The minimum absolute atomic E-state index is 0.00533. The Labute approximate surface area is 97.0 Å². The van der Waals surface area contributed by atoms with E-state index in [1.807, 2.05) is 0 Å². The molecule has 1 aromatic rings. The normalized spacial score (nSPS) is 9.56. The largest absolute Gasteiger partial charge is 0.392 e. The van der Waals surface area contributed by atoms with Gasteiger partial charge in [0.15, 0.2) is 0 Å². The van der Waals surface area contributed by atoms with Crippen LogP contribution < -0.4 is 16.4 Å². The Balaban J connectivity index is 2.46. The first-order valence-corrected chi connectivity index (χ1v) is 4.76. The fourth-order valence-corrected chi connectivity index (χ4v) is 0.993. The molecule has 0 unspecified atom stereocenters. The number of nitrogens with zero attached hydrogens (tertiary/aromatic N) is 2. The second kappa shape index (κ2) is 5.21. The van der Waals surface area contributed by atoms with E-state index in [1.54, 1.807) is 13.2 Å². The number of amides is 2. The van der Waals surface area contributed by atoms with Crippen LogP contribution in [0.2, 0.25) is 0 Å². The number of carbonyl (C=O) groups is 2. The van der Waals surface area contributed by atoms with Crippen molar-refractivity contribution in [1.29, 1.82) is 0 Å². The molecule has 16 heavy (non-hydrogen) atoms. The molecular formula is C8H11N5O2S. The molecule has 0 saturated heterocycles. The predicted octanol–water partition coefficient (Wildman–Crippen LogP) is -1.24. The number of nitrogens with two attached hydrogens (primary N) is 1. The molecule has 8 heteroatoms. The van der Waals surface area contributed by atoms with Gasteiger partial charge in [0.1, 0.15) is 0 Å². The lowest BCUT2D eigenvalue weighted by Gasteiger charge is -2.03. The summed E-state index contributed by atoms with van der Waals surface area (Å²) in [5.41, 5.74) is 5.61. The smallest absolute Gasteiger partial charge is 0.313 e. The molecule has 1 rings (SSSR count). The number of thiocarbonyl (C=S) groups is 1. The highest BCUT2D eigenvalue weighted by atomic mass is 32.1. The molecule has 0 radical (unpaired) electrons. The Morgan fingerprint density at radius 3 is 2.75 bits per heavy atom. The molecule has 1 heterocycles. The Morgan fingerprint density at radius 2 is 2.25 bits per heavy atom. The molecule has 86 valence electrons. The highest BCUT2D eigenvalue weighted by Crippen LogP contribution is 2.02. The highest BCUT2D eigenvalue weighted by molar-refractivity contribution is 7.80. The average molecular weight is 241 g/mol. The van der Waals surface area contributed by atoms with Crippen molar-refractivity contribution in [1.82, 2.24) is 15.1 Å². The molecule has 0 bridgehead atoms. The maximum absolute atomic E-state index is 11.3. The first-order valence-electron chi connectivity index (χ1n) is 4.35. The van der Waals surface area contributed by atoms with Crippen LogP contribution in [0, 0.1) is 0 Å². The number of anilines is 1. The van der Waals surface area contributed by atoms with E-state index in [9.17, 15) is 9.59 Å². The standard InChI is InChI=1S/C8H11N5O2S/c1-13-4-5(2-11-13)12-8(15)7(14)10-3-6(9)16/h2,4H,3H2,1H3,(H2,9,16)(H,10,14)(H,12,15). The molecule has 0 spiro atoms. The minimum Gasteiger partial charge on any atom is -0.392 e. The summed E-state index contributed by atoms with van der Waals surface area (Å²) in [6, 6.07) is 0. The summed E-state index contributed by atoms with van der Waals surface area (Å²) in [5.74, 6) is -1.58. The van der Waals surface area contributed by atoms with Crippen molar-refractivity contribution in [2.24, 2.45) is 12.8 Å². The molecule has 0 saturated carbocycles. The summed E-state index contributed by atoms with van der Waals surface area (Å²) in [5, 5.41) is 8.47. The van der Waals surface area contributed by atoms with Gasteiger partial charge >= 0.3 is 11.8 Å². The van der Waals surface area contributed by atoms with Gasteiger partial charge < -0.3 is 16.4 Å². The van der Waals surface area contributed by atoms with Gasteiger partial charge in [-0.3, -0.25) is 14.3 Å². The van der Waals surface area contributed by atoms with E-state index < -0.39 is 11.8 Å². The van der Waals surface area contributed by atoms with Gasteiger partial charge in [0.25, 0.3) is 0 Å². The van der Waals surface area contributed by atoms with E-state index in [4.69, 9.17) is 5.73 Å². The number of aromatic nitrogens is 2. The van der Waals surface area contributed by atoms with Crippen LogP contribution >= 0.6 is 12.2 Å². The van der Waals surface area contributed by atoms with Crippen molar-refractivity contribution in [2.75, 3.05) is 11.9 Å². The monoisotopic (exact) mass is 241 g/mol. The second-order valence-electron chi connectivity index (χ2n) is 3.01. The van der Waals surface area contributed by atoms with Gasteiger partial charge in [-0.1, -0.05) is 12.2 Å². The molecule has 1 aromatic heterocycles. The van der Waals surface area contributed by atoms with Crippen molar-refractivity contribution in [2.45, 2.75) is 0 Å². The maximum Gasteiger partial charge on any atom is 0.313 e. The minimum atomic E-state index is -0.795. The number of nitrogens with one attached hydrogen (secondary N) is 2. The molecular weight excluding hydrogens is 230 g/mol. The van der Waals surface area contributed by atoms with E-state index >= 15 is 0 Å². The topological polar surface area (TPSA) is 102 Å². The molecule has 0 atom stereocenters. The van der Waals surface area contributed by atoms with Crippen LogP contribution in [0.3, 0.4) is 0 Å². The molecule has 0 aliphatic rings. The number of aryl methyl sites for hydroxylation is 1. The van der Waals surface area contributed by atoms with Crippen LogP contribution in [0.5, 0.6) is 0 Å². The van der Waals surface area contributed by atoms with Gasteiger partial charge in [-0.2, -0.15) is 5.10 Å². The highest BCUT2D eigenvalue weighted by Gasteiger charge is 2.13. The fourth-order valence-electron chi connectivity index (χ4n) is 0.921. The number of rotatable bonds is 3. The van der Waals surface area contributed by atoms with Crippen molar-refractivity contribution in [3.63, 3.8) is 0 Å². The van der Waals surface area contributed by atoms with Crippen molar-refractivity contribution in [3.8, 4) is 0 Å². The summed E-state index contributed by atoms with van der Waals surface area (Å²) in [6.07, 6.45) is 3.00. The van der Waals surface area contributed by atoms with E-state index in [1.165, 1.54) is 10.9 Å². The van der Waals surface area contributed by atoms with Gasteiger partial charge in [0.2, 0.25) is 0 Å². The van der Waals surface area contributed by atoms with Crippen molar-refractivity contribution >= 4 is 34.7 Å². The Morgan fingerprint density at radius 1 is 1.56 bits per heavy atom. The van der Waals surface area contributed by atoms with Crippen LogP contribution in [0.4, 0.5) is 5.69 Å². The summed E-state index contributed by atoms with van der Waals surface area (Å²) >= 11 is 4.55. The van der Waals surface area contributed by atoms with E-state index in [0.29, 0.717) is 5.69 Å². The number of hydrogen-bond donors (Lipinski definition) is 3. The van der Waals surface area contributed by atoms with Gasteiger partial charge in [-0.25, -0.2) is 0 Å². The molecule has 4 N–H and O–H groups in total. The quantitative estimate of drug-likeness (QED) is 0.454.